The van der Waals surface area contributed by atoms with Crippen LogP contribution in [0.1, 0.15) is 66.7 Å². The SMILES string of the molecule is CCC(=O)C=C(C)CCC=C(C)CCC1OC1(C)C. The summed E-state index contributed by atoms with van der Waals surface area (Å²) in [4.78, 5) is 11.3. The van der Waals surface area contributed by atoms with Crippen LogP contribution in [0.4, 0.5) is 0 Å². The molecule has 19 heavy (non-hydrogen) atoms. The van der Waals surface area contributed by atoms with Crippen LogP contribution in [0.25, 0.3) is 0 Å². The van der Waals surface area contributed by atoms with Crippen molar-refractivity contribution in [2.24, 2.45) is 0 Å². The van der Waals surface area contributed by atoms with Gasteiger partial charge in [0.1, 0.15) is 0 Å². The average molecular weight is 264 g/mol. The van der Waals surface area contributed by atoms with E-state index >= 15 is 0 Å². The Bertz CT molecular complexity index is 375. The molecule has 0 aromatic heterocycles. The minimum Gasteiger partial charge on any atom is -0.367 e. The van der Waals surface area contributed by atoms with Crippen LogP contribution in [0.15, 0.2) is 23.3 Å². The van der Waals surface area contributed by atoms with Crippen molar-refractivity contribution in [1.82, 2.24) is 0 Å². The summed E-state index contributed by atoms with van der Waals surface area (Å²) in [5, 5.41) is 0. The van der Waals surface area contributed by atoms with Gasteiger partial charge in [0, 0.05) is 6.42 Å². The Morgan fingerprint density at radius 3 is 2.37 bits per heavy atom. The molecule has 1 fully saturated rings. The Kier molecular flexibility index (Phi) is 5.99. The summed E-state index contributed by atoms with van der Waals surface area (Å²) in [6.45, 7) is 10.4. The van der Waals surface area contributed by atoms with Crippen LogP contribution in [0.5, 0.6) is 0 Å². The van der Waals surface area contributed by atoms with E-state index in [4.69, 9.17) is 4.74 Å². The molecule has 2 nitrogen and oxygen atoms in total. The number of ketones is 1. The first-order chi connectivity index (χ1) is 8.85. The van der Waals surface area contributed by atoms with Crippen molar-refractivity contribution in [2.75, 3.05) is 0 Å². The molecule has 1 unspecified atom stereocenters. The van der Waals surface area contributed by atoms with E-state index in [-0.39, 0.29) is 11.4 Å². The lowest BCUT2D eigenvalue weighted by atomic mass is 10.0. The number of carbonyl (C=O) groups excluding carboxylic acids is 1. The van der Waals surface area contributed by atoms with Gasteiger partial charge in [-0.05, 0) is 59.5 Å². The molecule has 0 radical (unpaired) electrons. The maximum atomic E-state index is 11.3. The lowest BCUT2D eigenvalue weighted by Crippen LogP contribution is -2.02. The summed E-state index contributed by atoms with van der Waals surface area (Å²) >= 11 is 0. The zero-order chi connectivity index (χ0) is 14.5. The van der Waals surface area contributed by atoms with Gasteiger partial charge in [0.05, 0.1) is 11.7 Å². The third kappa shape index (κ3) is 6.20. The molecule has 1 atom stereocenters. The molecular weight excluding hydrogens is 236 g/mol. The maximum absolute atomic E-state index is 11.3. The summed E-state index contributed by atoms with van der Waals surface area (Å²) in [7, 11) is 0. The minimum atomic E-state index is 0.111. The molecule has 108 valence electrons. The number of carbonyl (C=O) groups is 1. The van der Waals surface area contributed by atoms with Crippen molar-refractivity contribution in [3.63, 3.8) is 0 Å². The molecule has 1 rings (SSSR count). The fraction of sp³-hybridized carbons (Fsp3) is 0.706. The second-order valence-electron chi connectivity index (χ2n) is 6.15. The molecule has 0 aromatic carbocycles. The Balaban J connectivity index is 2.21. The van der Waals surface area contributed by atoms with Gasteiger partial charge in [-0.2, -0.15) is 0 Å². The molecule has 1 aliphatic rings. The van der Waals surface area contributed by atoms with Crippen molar-refractivity contribution in [1.29, 1.82) is 0 Å². The standard InChI is InChI=1S/C17H28O2/c1-6-15(18)12-14(3)9-7-8-13(2)10-11-16-17(4,5)19-16/h8,12,16H,6-7,9-11H2,1-5H3. The monoisotopic (exact) mass is 264 g/mol. The van der Waals surface area contributed by atoms with E-state index in [9.17, 15) is 4.79 Å². The van der Waals surface area contributed by atoms with Gasteiger partial charge in [0.25, 0.3) is 0 Å². The van der Waals surface area contributed by atoms with Gasteiger partial charge < -0.3 is 4.74 Å². The first kappa shape index (κ1) is 16.2. The second kappa shape index (κ2) is 7.04. The van der Waals surface area contributed by atoms with Crippen LogP contribution in [0, 0.1) is 0 Å². The van der Waals surface area contributed by atoms with Gasteiger partial charge in [-0.25, -0.2) is 0 Å². The number of rotatable bonds is 8. The highest BCUT2D eigenvalue weighted by Gasteiger charge is 2.46. The van der Waals surface area contributed by atoms with Crippen molar-refractivity contribution in [3.05, 3.63) is 23.3 Å². The van der Waals surface area contributed by atoms with E-state index in [1.807, 2.05) is 13.8 Å². The third-order valence-electron chi connectivity index (χ3n) is 3.75. The van der Waals surface area contributed by atoms with Crippen LogP contribution >= 0.6 is 0 Å². The van der Waals surface area contributed by atoms with E-state index in [0.29, 0.717) is 12.5 Å². The summed E-state index contributed by atoms with van der Waals surface area (Å²) in [5.41, 5.74) is 2.73. The highest BCUT2D eigenvalue weighted by Crippen LogP contribution is 2.38. The largest absolute Gasteiger partial charge is 0.367 e. The van der Waals surface area contributed by atoms with E-state index in [1.54, 1.807) is 6.08 Å². The predicted octanol–water partition coefficient (Wildman–Crippen LogP) is 4.60. The van der Waals surface area contributed by atoms with Gasteiger partial charge in [0.2, 0.25) is 0 Å². The maximum Gasteiger partial charge on any atom is 0.155 e. The molecule has 2 heteroatoms. The van der Waals surface area contributed by atoms with Crippen LogP contribution in [-0.4, -0.2) is 17.5 Å². The Morgan fingerprint density at radius 2 is 1.84 bits per heavy atom. The minimum absolute atomic E-state index is 0.111. The molecule has 0 amide bonds. The van der Waals surface area contributed by atoms with E-state index in [0.717, 1.165) is 25.7 Å². The van der Waals surface area contributed by atoms with E-state index in [1.165, 1.54) is 11.1 Å². The zero-order valence-electron chi connectivity index (χ0n) is 13.1. The fourth-order valence-corrected chi connectivity index (χ4v) is 2.20. The lowest BCUT2D eigenvalue weighted by molar-refractivity contribution is -0.114. The summed E-state index contributed by atoms with van der Waals surface area (Å²) in [6, 6.07) is 0. The zero-order valence-corrected chi connectivity index (χ0v) is 13.1. The van der Waals surface area contributed by atoms with Crippen molar-refractivity contribution < 1.29 is 9.53 Å². The van der Waals surface area contributed by atoms with Gasteiger partial charge in [-0.3, -0.25) is 4.79 Å². The van der Waals surface area contributed by atoms with E-state index < -0.39 is 0 Å². The molecular formula is C17H28O2. The van der Waals surface area contributed by atoms with Gasteiger partial charge >= 0.3 is 0 Å². The quantitative estimate of drug-likeness (QED) is 0.364. The molecule has 0 aromatic rings. The number of epoxide rings is 1. The lowest BCUT2D eigenvalue weighted by Gasteiger charge is -2.02. The van der Waals surface area contributed by atoms with E-state index in [2.05, 4.69) is 26.8 Å². The number of hydrogen-bond acceptors (Lipinski definition) is 2. The topological polar surface area (TPSA) is 29.6 Å². The van der Waals surface area contributed by atoms with Crippen LogP contribution in [0.2, 0.25) is 0 Å². The Morgan fingerprint density at radius 1 is 1.21 bits per heavy atom. The molecule has 0 spiro atoms. The first-order valence-corrected chi connectivity index (χ1v) is 7.38. The molecule has 1 saturated heterocycles. The van der Waals surface area contributed by atoms with Crippen molar-refractivity contribution >= 4 is 5.78 Å². The molecule has 1 heterocycles. The van der Waals surface area contributed by atoms with Crippen LogP contribution in [-0.2, 0) is 9.53 Å². The molecule has 0 aliphatic carbocycles. The highest BCUT2D eigenvalue weighted by molar-refractivity contribution is 5.89. The van der Waals surface area contributed by atoms with Crippen LogP contribution in [0.3, 0.4) is 0 Å². The Labute approximate surface area is 117 Å². The normalized spacial score (nSPS) is 22.5. The van der Waals surface area contributed by atoms with Gasteiger partial charge in [-0.15, -0.1) is 0 Å². The molecule has 0 saturated carbocycles. The number of allylic oxidation sites excluding steroid dienone is 4. The Hall–Kier alpha value is -0.890. The predicted molar refractivity (Wildman–Crippen MR) is 80.2 cm³/mol. The third-order valence-corrected chi connectivity index (χ3v) is 3.75. The summed E-state index contributed by atoms with van der Waals surface area (Å²) in [5.74, 6) is 0.228. The fourth-order valence-electron chi connectivity index (χ4n) is 2.20. The average Bonchev–Trinajstić information content (AvgIpc) is 2.94. The molecule has 1 aliphatic heterocycles. The second-order valence-corrected chi connectivity index (χ2v) is 6.15. The molecule has 0 N–H and O–H groups in total. The van der Waals surface area contributed by atoms with Crippen molar-refractivity contribution in [2.45, 2.75) is 78.4 Å². The number of ether oxygens (including phenoxy) is 1. The molecule has 0 bridgehead atoms. The highest BCUT2D eigenvalue weighted by atomic mass is 16.6. The summed E-state index contributed by atoms with van der Waals surface area (Å²) in [6.07, 6.45) is 9.37. The summed E-state index contributed by atoms with van der Waals surface area (Å²) < 4.78 is 5.58. The van der Waals surface area contributed by atoms with Crippen molar-refractivity contribution in [3.8, 4) is 0 Å². The number of hydrogen-bond donors (Lipinski definition) is 0. The first-order valence-electron chi connectivity index (χ1n) is 7.38. The smallest absolute Gasteiger partial charge is 0.155 e. The van der Waals surface area contributed by atoms with Gasteiger partial charge in [0.15, 0.2) is 5.78 Å². The van der Waals surface area contributed by atoms with Crippen LogP contribution < -0.4 is 0 Å². The van der Waals surface area contributed by atoms with Gasteiger partial charge in [-0.1, -0.05) is 24.1 Å².